The molecule has 0 atom stereocenters. The van der Waals surface area contributed by atoms with Gasteiger partial charge in [-0.1, -0.05) is 35.0 Å². The van der Waals surface area contributed by atoms with Crippen molar-refractivity contribution in [3.8, 4) is 0 Å². The minimum Gasteiger partial charge on any atom is -0.337 e. The van der Waals surface area contributed by atoms with Gasteiger partial charge < -0.3 is 9.84 Å². The maximum absolute atomic E-state index is 5.29. The minimum atomic E-state index is -0.293. The summed E-state index contributed by atoms with van der Waals surface area (Å²) in [5.41, 5.74) is 2.15. The summed E-state index contributed by atoms with van der Waals surface area (Å²) in [5.74, 6) is 1.34. The zero-order valence-corrected chi connectivity index (χ0v) is 11.3. The normalized spacial score (nSPS) is 11.8. The first-order valence-electron chi connectivity index (χ1n) is 6.09. The molecular formula is C14H19N3O. The Morgan fingerprint density at radius 3 is 2.50 bits per heavy atom. The Bertz CT molecular complexity index is 514. The van der Waals surface area contributed by atoms with E-state index in [9.17, 15) is 0 Å². The van der Waals surface area contributed by atoms with Crippen LogP contribution < -0.4 is 5.32 Å². The van der Waals surface area contributed by atoms with Gasteiger partial charge in [0, 0.05) is 6.42 Å². The molecule has 0 bridgehead atoms. The van der Waals surface area contributed by atoms with Gasteiger partial charge in [0.25, 0.3) is 0 Å². The molecule has 0 amide bonds. The fourth-order valence-electron chi connectivity index (χ4n) is 1.58. The lowest BCUT2D eigenvalue weighted by atomic mass is 10.1. The maximum atomic E-state index is 5.29. The summed E-state index contributed by atoms with van der Waals surface area (Å²) in [5, 5.41) is 7.17. The van der Waals surface area contributed by atoms with E-state index in [2.05, 4.69) is 46.6 Å². The quantitative estimate of drug-likeness (QED) is 0.898. The van der Waals surface area contributed by atoms with Crippen molar-refractivity contribution in [3.63, 3.8) is 0 Å². The average molecular weight is 245 g/mol. The molecule has 0 saturated carbocycles. The van der Waals surface area contributed by atoms with Gasteiger partial charge in [-0.05, 0) is 33.4 Å². The van der Waals surface area contributed by atoms with Crippen molar-refractivity contribution in [2.24, 2.45) is 0 Å². The van der Waals surface area contributed by atoms with Gasteiger partial charge in [-0.2, -0.15) is 4.98 Å². The third-order valence-corrected chi connectivity index (χ3v) is 3.11. The molecule has 0 aliphatic carbocycles. The van der Waals surface area contributed by atoms with Crippen LogP contribution in [0.25, 0.3) is 0 Å². The second-order valence-corrected chi connectivity index (χ2v) is 5.05. The van der Waals surface area contributed by atoms with E-state index in [-0.39, 0.29) is 5.54 Å². The summed E-state index contributed by atoms with van der Waals surface area (Å²) < 4.78 is 5.29. The van der Waals surface area contributed by atoms with Gasteiger partial charge in [0.15, 0.2) is 5.82 Å². The van der Waals surface area contributed by atoms with Crippen LogP contribution in [0.4, 0.5) is 0 Å². The van der Waals surface area contributed by atoms with E-state index < -0.39 is 0 Å². The van der Waals surface area contributed by atoms with E-state index in [1.54, 1.807) is 0 Å². The highest BCUT2D eigenvalue weighted by Crippen LogP contribution is 2.18. The van der Waals surface area contributed by atoms with Crippen molar-refractivity contribution in [3.05, 3.63) is 47.1 Å². The van der Waals surface area contributed by atoms with Crippen molar-refractivity contribution in [1.29, 1.82) is 0 Å². The largest absolute Gasteiger partial charge is 0.337 e. The number of hydrogen-bond acceptors (Lipinski definition) is 4. The van der Waals surface area contributed by atoms with Crippen LogP contribution in [0.1, 0.15) is 36.7 Å². The van der Waals surface area contributed by atoms with Crippen molar-refractivity contribution in [1.82, 2.24) is 15.5 Å². The van der Waals surface area contributed by atoms with Crippen LogP contribution in [0.3, 0.4) is 0 Å². The molecule has 0 spiro atoms. The summed E-state index contributed by atoms with van der Waals surface area (Å²) >= 11 is 0. The molecule has 0 fully saturated rings. The smallest absolute Gasteiger partial charge is 0.246 e. The summed E-state index contributed by atoms with van der Waals surface area (Å²) in [6, 6.07) is 8.37. The van der Waals surface area contributed by atoms with E-state index in [4.69, 9.17) is 4.52 Å². The van der Waals surface area contributed by atoms with E-state index in [1.807, 2.05) is 20.9 Å². The first-order valence-corrected chi connectivity index (χ1v) is 6.09. The number of nitrogens with zero attached hydrogens (tertiary/aromatic N) is 2. The Kier molecular flexibility index (Phi) is 3.48. The molecule has 1 aromatic carbocycles. The number of aromatic nitrogens is 2. The van der Waals surface area contributed by atoms with Gasteiger partial charge in [0.2, 0.25) is 5.89 Å². The van der Waals surface area contributed by atoms with Crippen molar-refractivity contribution < 1.29 is 4.52 Å². The van der Waals surface area contributed by atoms with Gasteiger partial charge in [0.05, 0.1) is 5.54 Å². The molecule has 0 saturated heterocycles. The van der Waals surface area contributed by atoms with Crippen LogP contribution in [0.5, 0.6) is 0 Å². The average Bonchev–Trinajstić information content (AvgIpc) is 2.81. The summed E-state index contributed by atoms with van der Waals surface area (Å²) in [6.07, 6.45) is 0.698. The number of rotatable bonds is 4. The van der Waals surface area contributed by atoms with E-state index in [0.29, 0.717) is 12.3 Å². The van der Waals surface area contributed by atoms with Crippen molar-refractivity contribution in [2.45, 2.75) is 32.7 Å². The fourth-order valence-corrected chi connectivity index (χ4v) is 1.58. The SMILES string of the molecule is CNC(C)(C)c1nc(Cc2ccc(C)cc2)no1. The molecule has 4 heteroatoms. The third-order valence-electron chi connectivity index (χ3n) is 3.11. The number of nitrogens with one attached hydrogen (secondary N) is 1. The first-order chi connectivity index (χ1) is 8.51. The van der Waals surface area contributed by atoms with E-state index in [0.717, 1.165) is 5.82 Å². The van der Waals surface area contributed by atoms with Crippen LogP contribution in [0, 0.1) is 6.92 Å². The van der Waals surface area contributed by atoms with Crippen LogP contribution >= 0.6 is 0 Å². The minimum absolute atomic E-state index is 0.293. The molecule has 0 aliphatic heterocycles. The highest BCUT2D eigenvalue weighted by molar-refractivity contribution is 5.23. The van der Waals surface area contributed by atoms with Crippen LogP contribution in [-0.4, -0.2) is 17.2 Å². The topological polar surface area (TPSA) is 51.0 Å². The molecule has 0 radical (unpaired) electrons. The van der Waals surface area contributed by atoms with Crippen LogP contribution in [0.2, 0.25) is 0 Å². The molecule has 0 aliphatic rings. The molecule has 1 heterocycles. The fraction of sp³-hybridized carbons (Fsp3) is 0.429. The number of aryl methyl sites for hydroxylation is 1. The Labute approximate surface area is 107 Å². The molecule has 96 valence electrons. The van der Waals surface area contributed by atoms with Crippen LogP contribution in [-0.2, 0) is 12.0 Å². The zero-order valence-electron chi connectivity index (χ0n) is 11.3. The number of hydrogen-bond donors (Lipinski definition) is 1. The summed E-state index contributed by atoms with van der Waals surface area (Å²) in [7, 11) is 1.88. The second-order valence-electron chi connectivity index (χ2n) is 5.05. The van der Waals surface area contributed by atoms with Gasteiger partial charge in [0.1, 0.15) is 0 Å². The molecule has 2 rings (SSSR count). The van der Waals surface area contributed by atoms with Gasteiger partial charge in [-0.25, -0.2) is 0 Å². The molecule has 1 aromatic heterocycles. The Hall–Kier alpha value is -1.68. The molecule has 2 aromatic rings. The van der Waals surface area contributed by atoms with E-state index >= 15 is 0 Å². The molecule has 4 nitrogen and oxygen atoms in total. The predicted molar refractivity (Wildman–Crippen MR) is 70.4 cm³/mol. The highest BCUT2D eigenvalue weighted by atomic mass is 16.5. The van der Waals surface area contributed by atoms with Crippen LogP contribution in [0.15, 0.2) is 28.8 Å². The third kappa shape index (κ3) is 2.76. The summed E-state index contributed by atoms with van der Waals surface area (Å²) in [6.45, 7) is 6.10. The predicted octanol–water partition coefficient (Wildman–Crippen LogP) is 2.42. The Morgan fingerprint density at radius 2 is 1.89 bits per heavy atom. The van der Waals surface area contributed by atoms with Gasteiger partial charge in [-0.15, -0.1) is 0 Å². The second kappa shape index (κ2) is 4.90. The Morgan fingerprint density at radius 1 is 1.22 bits per heavy atom. The first kappa shape index (κ1) is 12.8. The molecule has 18 heavy (non-hydrogen) atoms. The maximum Gasteiger partial charge on any atom is 0.246 e. The monoisotopic (exact) mass is 245 g/mol. The summed E-state index contributed by atoms with van der Waals surface area (Å²) in [4.78, 5) is 4.43. The van der Waals surface area contributed by atoms with Crippen molar-refractivity contribution in [2.75, 3.05) is 7.05 Å². The molecule has 0 unspecified atom stereocenters. The lowest BCUT2D eigenvalue weighted by Gasteiger charge is -2.17. The van der Waals surface area contributed by atoms with Gasteiger partial charge in [-0.3, -0.25) is 0 Å². The standard InChI is InChI=1S/C14H19N3O/c1-10-5-7-11(8-6-10)9-12-16-13(18-17-12)14(2,3)15-4/h5-8,15H,9H2,1-4H3. The zero-order chi connectivity index (χ0) is 13.2. The molecular weight excluding hydrogens is 226 g/mol. The van der Waals surface area contributed by atoms with Crippen molar-refractivity contribution >= 4 is 0 Å². The lowest BCUT2D eigenvalue weighted by Crippen LogP contribution is -2.33. The number of benzene rings is 1. The Balaban J connectivity index is 2.14. The molecule has 1 N–H and O–H groups in total. The lowest BCUT2D eigenvalue weighted by molar-refractivity contribution is 0.279. The van der Waals surface area contributed by atoms with E-state index in [1.165, 1.54) is 11.1 Å². The highest BCUT2D eigenvalue weighted by Gasteiger charge is 2.25. The van der Waals surface area contributed by atoms with Gasteiger partial charge >= 0.3 is 0 Å².